The molecule has 2 aromatic rings. The van der Waals surface area contributed by atoms with Crippen molar-refractivity contribution in [2.75, 3.05) is 0 Å². The van der Waals surface area contributed by atoms with Crippen LogP contribution >= 0.6 is 11.6 Å². The average molecular weight is 283 g/mol. The maximum atomic E-state index is 13.3. The van der Waals surface area contributed by atoms with Crippen molar-refractivity contribution >= 4 is 17.6 Å². The average Bonchev–Trinajstić information content (AvgIpc) is 2.33. The Labute approximate surface area is 113 Å². The van der Waals surface area contributed by atoms with Crippen LogP contribution in [0.4, 0.5) is 8.78 Å². The van der Waals surface area contributed by atoms with Crippen molar-refractivity contribution in [3.05, 3.63) is 58.1 Å². The molecule has 0 heterocycles. The van der Waals surface area contributed by atoms with Gasteiger partial charge in [0.15, 0.2) is 11.6 Å². The van der Waals surface area contributed by atoms with Gasteiger partial charge in [0.25, 0.3) is 0 Å². The van der Waals surface area contributed by atoms with Crippen LogP contribution in [0.1, 0.15) is 15.9 Å². The monoisotopic (exact) mass is 282 g/mol. The van der Waals surface area contributed by atoms with Gasteiger partial charge in [-0.3, -0.25) is 0 Å². The highest BCUT2D eigenvalue weighted by Crippen LogP contribution is 2.33. The maximum absolute atomic E-state index is 13.3. The van der Waals surface area contributed by atoms with Crippen LogP contribution in [0.2, 0.25) is 5.02 Å². The predicted octanol–water partition coefficient (Wildman–Crippen LogP) is 4.29. The number of carboxylic acid groups (broad SMARTS) is 1. The zero-order chi connectivity index (χ0) is 14.2. The molecule has 2 rings (SSSR count). The molecule has 0 aliphatic heterocycles. The molecule has 0 saturated heterocycles. The van der Waals surface area contributed by atoms with Gasteiger partial charge in [0, 0.05) is 5.56 Å². The molecule has 0 bridgehead atoms. The largest absolute Gasteiger partial charge is 0.478 e. The van der Waals surface area contributed by atoms with E-state index in [0.717, 1.165) is 17.7 Å². The number of carbonyl (C=O) groups is 1. The number of aryl methyl sites for hydroxylation is 1. The number of carboxylic acids is 1. The fraction of sp³-hybridized carbons (Fsp3) is 0.0714. The van der Waals surface area contributed by atoms with E-state index >= 15 is 0 Å². The van der Waals surface area contributed by atoms with Gasteiger partial charge in [0.2, 0.25) is 0 Å². The quantitative estimate of drug-likeness (QED) is 0.834. The van der Waals surface area contributed by atoms with E-state index in [1.807, 2.05) is 0 Å². The molecule has 0 unspecified atom stereocenters. The van der Waals surface area contributed by atoms with Crippen LogP contribution in [0.15, 0.2) is 30.3 Å². The van der Waals surface area contributed by atoms with E-state index in [0.29, 0.717) is 0 Å². The van der Waals surface area contributed by atoms with Crippen molar-refractivity contribution in [1.82, 2.24) is 0 Å². The Kier molecular flexibility index (Phi) is 3.53. The topological polar surface area (TPSA) is 37.3 Å². The Morgan fingerprint density at radius 3 is 2.37 bits per heavy atom. The molecule has 5 heteroatoms. The molecular weight excluding hydrogens is 274 g/mol. The van der Waals surface area contributed by atoms with Crippen LogP contribution in [0.3, 0.4) is 0 Å². The van der Waals surface area contributed by atoms with E-state index < -0.39 is 17.6 Å². The zero-order valence-electron chi connectivity index (χ0n) is 9.88. The Hall–Kier alpha value is -1.94. The fourth-order valence-corrected chi connectivity index (χ4v) is 2.05. The molecule has 0 fully saturated rings. The first-order valence-corrected chi connectivity index (χ1v) is 5.77. The smallest absolute Gasteiger partial charge is 0.336 e. The Morgan fingerprint density at radius 1 is 1.11 bits per heavy atom. The standard InChI is InChI=1S/C14H9ClF2O2/c1-7-2-3-8(14(18)19)9(4-7)10-5-12(16)13(17)6-11(10)15/h2-6H,1H3,(H,18,19). The summed E-state index contributed by atoms with van der Waals surface area (Å²) in [6.45, 7) is 1.77. The van der Waals surface area contributed by atoms with Crippen LogP contribution in [-0.4, -0.2) is 11.1 Å². The Balaban J connectivity index is 2.74. The van der Waals surface area contributed by atoms with Crippen molar-refractivity contribution in [3.8, 4) is 11.1 Å². The normalized spacial score (nSPS) is 10.5. The third-order valence-corrected chi connectivity index (χ3v) is 3.02. The van der Waals surface area contributed by atoms with E-state index in [1.165, 1.54) is 6.07 Å². The summed E-state index contributed by atoms with van der Waals surface area (Å²) in [7, 11) is 0. The minimum Gasteiger partial charge on any atom is -0.478 e. The van der Waals surface area contributed by atoms with Gasteiger partial charge in [-0.05, 0) is 30.7 Å². The highest BCUT2D eigenvalue weighted by Gasteiger charge is 2.16. The first-order chi connectivity index (χ1) is 8.90. The van der Waals surface area contributed by atoms with Gasteiger partial charge in [-0.2, -0.15) is 0 Å². The van der Waals surface area contributed by atoms with E-state index in [1.54, 1.807) is 19.1 Å². The number of rotatable bonds is 2. The summed E-state index contributed by atoms with van der Waals surface area (Å²) < 4.78 is 26.3. The molecule has 0 spiro atoms. The summed E-state index contributed by atoms with van der Waals surface area (Å²) in [5, 5.41) is 9.09. The number of hydrogen-bond acceptors (Lipinski definition) is 1. The second kappa shape index (κ2) is 4.97. The summed E-state index contributed by atoms with van der Waals surface area (Å²) in [5.74, 6) is -3.30. The molecule has 0 atom stereocenters. The van der Waals surface area contributed by atoms with Crippen molar-refractivity contribution in [2.24, 2.45) is 0 Å². The number of aromatic carboxylic acids is 1. The minimum absolute atomic E-state index is 0.0153. The molecule has 0 aromatic heterocycles. The van der Waals surface area contributed by atoms with Gasteiger partial charge in [0.05, 0.1) is 10.6 Å². The van der Waals surface area contributed by atoms with Crippen LogP contribution in [0.5, 0.6) is 0 Å². The molecule has 2 aromatic carbocycles. The Morgan fingerprint density at radius 2 is 1.74 bits per heavy atom. The molecule has 0 saturated carbocycles. The molecule has 0 radical (unpaired) electrons. The number of hydrogen-bond donors (Lipinski definition) is 1. The van der Waals surface area contributed by atoms with Gasteiger partial charge in [-0.15, -0.1) is 0 Å². The third-order valence-electron chi connectivity index (χ3n) is 2.71. The molecule has 0 amide bonds. The molecule has 2 nitrogen and oxygen atoms in total. The third kappa shape index (κ3) is 2.58. The second-order valence-electron chi connectivity index (χ2n) is 4.10. The molecule has 98 valence electrons. The summed E-state index contributed by atoms with van der Waals surface area (Å²) in [6.07, 6.45) is 0. The second-order valence-corrected chi connectivity index (χ2v) is 4.51. The van der Waals surface area contributed by atoms with Crippen molar-refractivity contribution in [3.63, 3.8) is 0 Å². The van der Waals surface area contributed by atoms with Crippen molar-refractivity contribution in [2.45, 2.75) is 6.92 Å². The minimum atomic E-state index is -1.16. The lowest BCUT2D eigenvalue weighted by molar-refractivity contribution is 0.0697. The first-order valence-electron chi connectivity index (χ1n) is 5.39. The van der Waals surface area contributed by atoms with Crippen LogP contribution in [0, 0.1) is 18.6 Å². The van der Waals surface area contributed by atoms with Gasteiger partial charge < -0.3 is 5.11 Å². The highest BCUT2D eigenvalue weighted by molar-refractivity contribution is 6.33. The molecule has 1 N–H and O–H groups in total. The Bertz CT molecular complexity index is 669. The van der Waals surface area contributed by atoms with Crippen LogP contribution in [-0.2, 0) is 0 Å². The SMILES string of the molecule is Cc1ccc(C(=O)O)c(-c2cc(F)c(F)cc2Cl)c1. The molecule has 19 heavy (non-hydrogen) atoms. The summed E-state index contributed by atoms with van der Waals surface area (Å²) in [4.78, 5) is 11.2. The molecular formula is C14H9ClF2O2. The lowest BCUT2D eigenvalue weighted by atomic mass is 9.97. The highest BCUT2D eigenvalue weighted by atomic mass is 35.5. The molecule has 0 aliphatic carbocycles. The van der Waals surface area contributed by atoms with Crippen molar-refractivity contribution in [1.29, 1.82) is 0 Å². The van der Waals surface area contributed by atoms with Crippen LogP contribution < -0.4 is 0 Å². The van der Waals surface area contributed by atoms with Gasteiger partial charge in [0.1, 0.15) is 0 Å². The maximum Gasteiger partial charge on any atom is 0.336 e. The van der Waals surface area contributed by atoms with Gasteiger partial charge in [-0.25, -0.2) is 13.6 Å². The van der Waals surface area contributed by atoms with Crippen LogP contribution in [0.25, 0.3) is 11.1 Å². The fourth-order valence-electron chi connectivity index (χ4n) is 1.80. The summed E-state index contributed by atoms with van der Waals surface area (Å²) in [5.41, 5.74) is 1.19. The van der Waals surface area contributed by atoms with E-state index in [-0.39, 0.29) is 21.7 Å². The predicted molar refractivity (Wildman–Crippen MR) is 68.5 cm³/mol. The van der Waals surface area contributed by atoms with Gasteiger partial charge >= 0.3 is 5.97 Å². The summed E-state index contributed by atoms with van der Waals surface area (Å²) in [6, 6.07) is 6.34. The van der Waals surface area contributed by atoms with Gasteiger partial charge in [-0.1, -0.05) is 29.3 Å². The van der Waals surface area contributed by atoms with E-state index in [9.17, 15) is 13.6 Å². The zero-order valence-corrected chi connectivity index (χ0v) is 10.6. The lowest BCUT2D eigenvalue weighted by Crippen LogP contribution is -2.01. The molecule has 0 aliphatic rings. The number of benzene rings is 2. The number of halogens is 3. The first kappa shape index (κ1) is 13.5. The lowest BCUT2D eigenvalue weighted by Gasteiger charge is -2.10. The van der Waals surface area contributed by atoms with Crippen molar-refractivity contribution < 1.29 is 18.7 Å². The van der Waals surface area contributed by atoms with E-state index in [2.05, 4.69) is 0 Å². The van der Waals surface area contributed by atoms with E-state index in [4.69, 9.17) is 16.7 Å². The summed E-state index contributed by atoms with van der Waals surface area (Å²) >= 11 is 5.87.